The van der Waals surface area contributed by atoms with Crippen molar-refractivity contribution in [3.05, 3.63) is 58.4 Å². The van der Waals surface area contributed by atoms with Crippen LogP contribution < -0.4 is 5.43 Å². The third kappa shape index (κ3) is 5.16. The number of amides is 1. The molecule has 0 aliphatic heterocycles. The second-order valence-corrected chi connectivity index (χ2v) is 4.53. The summed E-state index contributed by atoms with van der Waals surface area (Å²) >= 11 is 0. The van der Waals surface area contributed by atoms with Gasteiger partial charge in [-0.15, -0.1) is 0 Å². The van der Waals surface area contributed by atoms with Gasteiger partial charge in [-0.05, 0) is 23.5 Å². The molecule has 0 spiro atoms. The lowest BCUT2D eigenvalue weighted by atomic mass is 10.2. The van der Waals surface area contributed by atoms with Crippen molar-refractivity contribution in [2.75, 3.05) is 0 Å². The van der Waals surface area contributed by atoms with Gasteiger partial charge in [0.15, 0.2) is 0 Å². The zero-order chi connectivity index (χ0) is 16.7. The van der Waals surface area contributed by atoms with E-state index < -0.39 is 16.8 Å². The second-order valence-electron chi connectivity index (χ2n) is 4.53. The fraction of sp³-hybridized carbons (Fsp3) is 0.143. The van der Waals surface area contributed by atoms with Crippen LogP contribution in [0.5, 0.6) is 0 Å². The molecule has 2 aromatic rings. The lowest BCUT2D eigenvalue weighted by molar-refractivity contribution is -0.394. The zero-order valence-electron chi connectivity index (χ0n) is 12.3. The molecule has 0 radical (unpaired) electrons. The first-order valence-corrected chi connectivity index (χ1v) is 6.64. The molecule has 0 aliphatic rings. The second kappa shape index (κ2) is 7.59. The van der Waals surface area contributed by atoms with E-state index in [0.717, 1.165) is 16.6 Å². The number of hydrogen-bond donors (Lipinski definition) is 1. The van der Waals surface area contributed by atoms with Crippen LogP contribution in [-0.2, 0) is 11.3 Å². The van der Waals surface area contributed by atoms with Gasteiger partial charge < -0.3 is 10.1 Å². The molecule has 9 heteroatoms. The number of hydrazone groups is 1. The molecule has 1 amide bonds. The number of aromatic nitrogens is 3. The fourth-order valence-electron chi connectivity index (χ4n) is 1.60. The molecule has 0 unspecified atom stereocenters. The Labute approximate surface area is 131 Å². The van der Waals surface area contributed by atoms with Gasteiger partial charge in [-0.25, -0.2) is 5.43 Å². The highest BCUT2D eigenvalue weighted by Crippen LogP contribution is 2.01. The first kappa shape index (κ1) is 16.0. The van der Waals surface area contributed by atoms with Crippen molar-refractivity contribution in [2.24, 2.45) is 5.10 Å². The van der Waals surface area contributed by atoms with Crippen molar-refractivity contribution in [1.82, 2.24) is 20.2 Å². The van der Waals surface area contributed by atoms with Crippen LogP contribution in [0.1, 0.15) is 12.5 Å². The van der Waals surface area contributed by atoms with Crippen LogP contribution in [0.15, 0.2) is 47.8 Å². The predicted octanol–water partition coefficient (Wildman–Crippen LogP) is 1.39. The minimum Gasteiger partial charge on any atom is -0.390 e. The van der Waals surface area contributed by atoms with Crippen molar-refractivity contribution < 1.29 is 9.72 Å². The molecular formula is C14H14N6O3. The lowest BCUT2D eigenvalue weighted by Gasteiger charge is -1.98. The van der Waals surface area contributed by atoms with E-state index in [2.05, 4.69) is 20.6 Å². The number of carbonyl (C=O) groups is 1. The van der Waals surface area contributed by atoms with Crippen LogP contribution in [0.4, 0.5) is 5.95 Å². The Morgan fingerprint density at radius 1 is 1.43 bits per heavy atom. The number of hydrogen-bond acceptors (Lipinski definition) is 6. The third-order valence-electron chi connectivity index (χ3n) is 2.67. The van der Waals surface area contributed by atoms with Gasteiger partial charge in [0, 0.05) is 5.10 Å². The molecule has 1 aromatic carbocycles. The smallest absolute Gasteiger partial charge is 0.390 e. The maximum atomic E-state index is 11.7. The third-order valence-corrected chi connectivity index (χ3v) is 2.67. The lowest BCUT2D eigenvalue weighted by Crippen LogP contribution is -2.24. The quantitative estimate of drug-likeness (QED) is 0.491. The normalized spacial score (nSPS) is 11.6. The van der Waals surface area contributed by atoms with Crippen molar-refractivity contribution >= 4 is 23.6 Å². The highest BCUT2D eigenvalue weighted by atomic mass is 16.6. The first-order chi connectivity index (χ1) is 11.0. The van der Waals surface area contributed by atoms with Crippen LogP contribution in [-0.4, -0.2) is 31.3 Å². The van der Waals surface area contributed by atoms with Crippen molar-refractivity contribution in [3.8, 4) is 0 Å². The Morgan fingerprint density at radius 2 is 2.17 bits per heavy atom. The molecule has 9 nitrogen and oxygen atoms in total. The van der Waals surface area contributed by atoms with Gasteiger partial charge in [0.05, 0.1) is 5.71 Å². The maximum Gasteiger partial charge on any atom is 0.490 e. The van der Waals surface area contributed by atoms with Crippen molar-refractivity contribution in [3.63, 3.8) is 0 Å². The van der Waals surface area contributed by atoms with Gasteiger partial charge in [0.2, 0.25) is 6.33 Å². The zero-order valence-corrected chi connectivity index (χ0v) is 12.3. The minimum absolute atomic E-state index is 0.208. The standard InChI is InChI=1S/C14H14N6O3/c1-11(7-8-12-5-3-2-4-6-12)16-17-13(21)9-19-10-15-14(18-19)20(22)23/h2-8,10H,9H2,1H3,(H,17,21)/b8-7+,16-11?. The number of allylic oxidation sites excluding steroid dienone is 1. The summed E-state index contributed by atoms with van der Waals surface area (Å²) in [5.41, 5.74) is 3.97. The average Bonchev–Trinajstić information content (AvgIpc) is 3.00. The molecule has 0 saturated heterocycles. The van der Waals surface area contributed by atoms with Gasteiger partial charge in [-0.2, -0.15) is 9.78 Å². The Bertz CT molecular complexity index is 751. The van der Waals surface area contributed by atoms with Gasteiger partial charge >= 0.3 is 5.95 Å². The van der Waals surface area contributed by atoms with Crippen LogP contribution in [0.25, 0.3) is 6.08 Å². The molecule has 0 bridgehead atoms. The summed E-state index contributed by atoms with van der Waals surface area (Å²) in [6, 6.07) is 9.66. The van der Waals surface area contributed by atoms with Gasteiger partial charge in [0.25, 0.3) is 5.91 Å². The highest BCUT2D eigenvalue weighted by molar-refractivity contribution is 5.96. The number of nitrogens with one attached hydrogen (secondary N) is 1. The number of nitro groups is 1. The number of nitrogens with zero attached hydrogens (tertiary/aromatic N) is 5. The SMILES string of the molecule is CC(/C=C/c1ccccc1)=NNC(=O)Cn1cnc([N+](=O)[O-])n1. The van der Waals surface area contributed by atoms with Gasteiger partial charge in [0.1, 0.15) is 6.54 Å². The van der Waals surface area contributed by atoms with Crippen LogP contribution in [0.3, 0.4) is 0 Å². The molecule has 1 N–H and O–H groups in total. The van der Waals surface area contributed by atoms with E-state index in [1.165, 1.54) is 0 Å². The Hall–Kier alpha value is -3.36. The van der Waals surface area contributed by atoms with Crippen LogP contribution in [0, 0.1) is 10.1 Å². The number of rotatable bonds is 6. The Balaban J connectivity index is 1.87. The van der Waals surface area contributed by atoms with E-state index in [1.54, 1.807) is 13.0 Å². The van der Waals surface area contributed by atoms with Gasteiger partial charge in [-0.3, -0.25) is 4.79 Å². The molecule has 0 saturated carbocycles. The molecular weight excluding hydrogens is 300 g/mol. The van der Waals surface area contributed by atoms with E-state index in [9.17, 15) is 14.9 Å². The number of carbonyl (C=O) groups excluding carboxylic acids is 1. The van der Waals surface area contributed by atoms with Crippen LogP contribution >= 0.6 is 0 Å². The number of benzene rings is 1. The van der Waals surface area contributed by atoms with E-state index in [0.29, 0.717) is 5.71 Å². The van der Waals surface area contributed by atoms with Crippen molar-refractivity contribution in [1.29, 1.82) is 0 Å². The maximum absolute atomic E-state index is 11.7. The predicted molar refractivity (Wildman–Crippen MR) is 83.4 cm³/mol. The monoisotopic (exact) mass is 314 g/mol. The van der Waals surface area contributed by atoms with Gasteiger partial charge in [-0.1, -0.05) is 41.4 Å². The Kier molecular flexibility index (Phi) is 5.29. The summed E-state index contributed by atoms with van der Waals surface area (Å²) in [6.45, 7) is 1.53. The van der Waals surface area contributed by atoms with E-state index >= 15 is 0 Å². The molecule has 0 atom stereocenters. The van der Waals surface area contributed by atoms with E-state index in [-0.39, 0.29) is 6.54 Å². The fourth-order valence-corrected chi connectivity index (χ4v) is 1.60. The summed E-state index contributed by atoms with van der Waals surface area (Å²) in [5.74, 6) is -1.01. The topological polar surface area (TPSA) is 115 Å². The van der Waals surface area contributed by atoms with E-state index in [1.807, 2.05) is 36.4 Å². The molecule has 23 heavy (non-hydrogen) atoms. The summed E-state index contributed by atoms with van der Waals surface area (Å²) in [6.07, 6.45) is 4.74. The molecule has 118 valence electrons. The van der Waals surface area contributed by atoms with E-state index in [4.69, 9.17) is 0 Å². The average molecular weight is 314 g/mol. The summed E-state index contributed by atoms with van der Waals surface area (Å²) in [7, 11) is 0. The summed E-state index contributed by atoms with van der Waals surface area (Å²) < 4.78 is 1.07. The Morgan fingerprint density at radius 3 is 2.83 bits per heavy atom. The van der Waals surface area contributed by atoms with Crippen molar-refractivity contribution in [2.45, 2.75) is 13.5 Å². The summed E-state index contributed by atoms with van der Waals surface area (Å²) in [4.78, 5) is 24.8. The largest absolute Gasteiger partial charge is 0.490 e. The molecule has 1 aromatic heterocycles. The highest BCUT2D eigenvalue weighted by Gasteiger charge is 2.14. The molecule has 1 heterocycles. The van der Waals surface area contributed by atoms with Crippen LogP contribution in [0.2, 0.25) is 0 Å². The minimum atomic E-state index is -0.731. The first-order valence-electron chi connectivity index (χ1n) is 6.64. The summed E-state index contributed by atoms with van der Waals surface area (Å²) in [5, 5.41) is 17.9. The molecule has 0 aliphatic carbocycles. The molecule has 0 fully saturated rings. The molecule has 2 rings (SSSR count).